The molecule has 0 amide bonds. The van der Waals surface area contributed by atoms with Gasteiger partial charge in [-0.15, -0.1) is 0 Å². The number of benzene rings is 4. The van der Waals surface area contributed by atoms with Crippen LogP contribution in [0.4, 0.5) is 0 Å². The highest BCUT2D eigenvalue weighted by molar-refractivity contribution is 9.10. The maximum absolute atomic E-state index is 14.0. The van der Waals surface area contributed by atoms with Gasteiger partial charge in [-0.2, -0.15) is 0 Å². The molecule has 39 heavy (non-hydrogen) atoms. The van der Waals surface area contributed by atoms with Crippen molar-refractivity contribution in [1.82, 2.24) is 0 Å². The Hall–Kier alpha value is -2.80. The Labute approximate surface area is 244 Å². The van der Waals surface area contributed by atoms with Gasteiger partial charge in [-0.25, -0.2) is 4.79 Å². The molecule has 0 spiro atoms. The van der Waals surface area contributed by atoms with Gasteiger partial charge in [0.2, 0.25) is 5.78 Å². The minimum Gasteiger partial charge on any atom is -0.465 e. The van der Waals surface area contributed by atoms with Gasteiger partial charge in [0.15, 0.2) is 0 Å². The van der Waals surface area contributed by atoms with Crippen molar-refractivity contribution in [3.8, 4) is 0 Å². The zero-order chi connectivity index (χ0) is 27.6. The third-order valence-corrected chi connectivity index (χ3v) is 12.6. The number of ketones is 1. The second kappa shape index (κ2) is 11.4. The van der Waals surface area contributed by atoms with Crippen molar-refractivity contribution in [3.05, 3.63) is 125 Å². The lowest BCUT2D eigenvalue weighted by molar-refractivity contribution is -0.167. The van der Waals surface area contributed by atoms with Crippen LogP contribution in [-0.4, -0.2) is 39.9 Å². The molecule has 0 aliphatic carbocycles. The van der Waals surface area contributed by atoms with Gasteiger partial charge in [-0.05, 0) is 40.5 Å². The fraction of sp³-hybridized carbons (Fsp3) is 0.129. The predicted octanol–water partition coefficient (Wildman–Crippen LogP) is 4.88. The summed E-state index contributed by atoms with van der Waals surface area (Å²) in [7, 11) is 1.25. The topological polar surface area (TPSA) is 72.8 Å². The number of methoxy groups -OCH3 is 1. The Morgan fingerprint density at radius 2 is 1.26 bits per heavy atom. The number of Topliss-reactive ketones (excluding diaryl/α,β-unsaturated/α-hetero) is 1. The molecular formula is C31H25Br2O5P. The Balaban J connectivity index is 1.93. The van der Waals surface area contributed by atoms with Crippen LogP contribution < -0.4 is 15.9 Å². The zero-order valence-corrected chi connectivity index (χ0v) is 25.0. The molecule has 198 valence electrons. The van der Waals surface area contributed by atoms with Crippen LogP contribution in [0.25, 0.3) is 0 Å². The lowest BCUT2D eigenvalue weighted by Crippen LogP contribution is -2.53. The van der Waals surface area contributed by atoms with Crippen LogP contribution in [0.15, 0.2) is 120 Å². The SMILES string of the molecule is COC(=O)C(C1(O)OC(c2ccc(Br)cc2)C(Br)C1=O)=P(c1ccccc1)(c1ccccc1)c1ccccc1. The number of carbonyl (C=O) groups is 2. The third kappa shape index (κ3) is 4.77. The molecule has 4 aromatic carbocycles. The number of rotatable bonds is 6. The van der Waals surface area contributed by atoms with Crippen molar-refractivity contribution in [2.24, 2.45) is 0 Å². The third-order valence-electron chi connectivity index (χ3n) is 6.81. The number of alkyl halides is 1. The molecule has 1 saturated heterocycles. The summed E-state index contributed by atoms with van der Waals surface area (Å²) in [5.41, 5.74) is 0.677. The van der Waals surface area contributed by atoms with E-state index >= 15 is 0 Å². The highest BCUT2D eigenvalue weighted by Gasteiger charge is 2.60. The van der Waals surface area contributed by atoms with Crippen molar-refractivity contribution in [1.29, 1.82) is 0 Å². The van der Waals surface area contributed by atoms with Gasteiger partial charge in [0, 0.05) is 4.47 Å². The van der Waals surface area contributed by atoms with Gasteiger partial charge in [0.25, 0.3) is 5.79 Å². The number of hydrogen-bond acceptors (Lipinski definition) is 5. The van der Waals surface area contributed by atoms with E-state index in [9.17, 15) is 14.7 Å². The van der Waals surface area contributed by atoms with E-state index in [1.807, 2.05) is 115 Å². The van der Waals surface area contributed by atoms with Gasteiger partial charge in [-0.1, -0.05) is 135 Å². The largest absolute Gasteiger partial charge is 0.465 e. The van der Waals surface area contributed by atoms with Gasteiger partial charge in [0.1, 0.15) is 16.2 Å². The average molecular weight is 668 g/mol. The summed E-state index contributed by atoms with van der Waals surface area (Å²) in [5.74, 6) is -4.05. The van der Waals surface area contributed by atoms with E-state index in [0.29, 0.717) is 5.56 Å². The summed E-state index contributed by atoms with van der Waals surface area (Å²) in [4.78, 5) is 27.1. The summed E-state index contributed by atoms with van der Waals surface area (Å²) in [6, 6.07) is 35.7. The van der Waals surface area contributed by atoms with E-state index in [2.05, 4.69) is 31.9 Å². The summed E-state index contributed by atoms with van der Waals surface area (Å²) in [6.45, 7) is -3.22. The van der Waals surface area contributed by atoms with E-state index in [0.717, 1.165) is 20.4 Å². The zero-order valence-electron chi connectivity index (χ0n) is 20.9. The first-order chi connectivity index (χ1) is 18.8. The van der Waals surface area contributed by atoms with E-state index in [1.165, 1.54) is 7.11 Å². The number of hydrogen-bond donors (Lipinski definition) is 1. The Morgan fingerprint density at radius 3 is 1.67 bits per heavy atom. The minimum absolute atomic E-state index is 0.129. The molecule has 5 rings (SSSR count). The minimum atomic E-state index is -3.22. The first-order valence-corrected chi connectivity index (χ1v) is 15.7. The van der Waals surface area contributed by atoms with Crippen LogP contribution in [0.5, 0.6) is 0 Å². The Morgan fingerprint density at radius 1 is 0.821 bits per heavy atom. The number of aliphatic hydroxyl groups is 1. The first kappa shape index (κ1) is 27.8. The molecule has 3 unspecified atom stereocenters. The van der Waals surface area contributed by atoms with Crippen molar-refractivity contribution in [2.45, 2.75) is 16.7 Å². The predicted molar refractivity (Wildman–Crippen MR) is 163 cm³/mol. The molecule has 1 fully saturated rings. The van der Waals surface area contributed by atoms with Crippen molar-refractivity contribution in [2.75, 3.05) is 7.11 Å². The number of ether oxygens (including phenoxy) is 2. The first-order valence-electron chi connectivity index (χ1n) is 12.2. The fourth-order valence-corrected chi connectivity index (χ4v) is 10.6. The van der Waals surface area contributed by atoms with Crippen molar-refractivity contribution in [3.63, 3.8) is 0 Å². The van der Waals surface area contributed by atoms with Crippen LogP contribution in [0, 0.1) is 0 Å². The number of halogens is 2. The molecule has 1 aliphatic rings. The number of carbonyl (C=O) groups excluding carboxylic acids is 2. The molecule has 4 aromatic rings. The van der Waals surface area contributed by atoms with Crippen molar-refractivity contribution >= 4 is 71.7 Å². The van der Waals surface area contributed by atoms with Gasteiger partial charge in [-0.3, -0.25) is 4.79 Å². The average Bonchev–Trinajstić information content (AvgIpc) is 3.21. The Bertz CT molecular complexity index is 1440. The molecule has 1 aliphatic heterocycles. The highest BCUT2D eigenvalue weighted by atomic mass is 79.9. The smallest absolute Gasteiger partial charge is 0.340 e. The molecule has 3 atom stereocenters. The number of esters is 1. The van der Waals surface area contributed by atoms with E-state index in [-0.39, 0.29) is 5.29 Å². The van der Waals surface area contributed by atoms with E-state index in [1.54, 1.807) is 0 Å². The van der Waals surface area contributed by atoms with E-state index in [4.69, 9.17) is 9.47 Å². The van der Waals surface area contributed by atoms with Crippen LogP contribution in [0.2, 0.25) is 0 Å². The molecule has 1 N–H and O–H groups in total. The summed E-state index contributed by atoms with van der Waals surface area (Å²) < 4.78 is 12.5. The molecule has 5 nitrogen and oxygen atoms in total. The maximum atomic E-state index is 14.0. The molecule has 8 heteroatoms. The summed E-state index contributed by atoms with van der Waals surface area (Å²) in [5, 5.41) is 14.6. The Kier molecular flexibility index (Phi) is 8.08. The fourth-order valence-electron chi connectivity index (χ4n) is 5.08. The molecular weight excluding hydrogens is 643 g/mol. The standard InChI is InChI=1S/C31H25Br2O5P/c1-37-30(35)29(31(36)28(34)26(33)27(38-31)21-17-19-22(32)20-18-21)39(23-11-5-2-6-12-23,24-13-7-3-8-14-24)25-15-9-4-10-16-25/h2-20,26-27,36H,1H3. The highest BCUT2D eigenvalue weighted by Crippen LogP contribution is 2.52. The second-order valence-corrected chi connectivity index (χ2v) is 14.3. The lowest BCUT2D eigenvalue weighted by Gasteiger charge is -2.36. The van der Waals surface area contributed by atoms with Crippen LogP contribution in [0.3, 0.4) is 0 Å². The molecule has 0 aromatic heterocycles. The second-order valence-electron chi connectivity index (χ2n) is 9.02. The van der Waals surface area contributed by atoms with Gasteiger partial charge in [0.05, 0.1) is 7.11 Å². The van der Waals surface area contributed by atoms with Gasteiger partial charge >= 0.3 is 5.97 Å². The summed E-state index contributed by atoms with van der Waals surface area (Å²) in [6.07, 6.45) is -0.848. The van der Waals surface area contributed by atoms with E-state index < -0.39 is 35.4 Å². The summed E-state index contributed by atoms with van der Waals surface area (Å²) >= 11 is 6.91. The normalized spacial score (nSPS) is 21.0. The molecule has 0 saturated carbocycles. The van der Waals surface area contributed by atoms with Crippen LogP contribution >= 0.6 is 38.7 Å². The molecule has 1 heterocycles. The molecule has 0 radical (unpaired) electrons. The van der Waals surface area contributed by atoms with Crippen LogP contribution in [0.1, 0.15) is 11.7 Å². The van der Waals surface area contributed by atoms with Gasteiger partial charge < -0.3 is 14.6 Å². The van der Waals surface area contributed by atoms with Crippen molar-refractivity contribution < 1.29 is 24.2 Å². The molecule has 0 bridgehead atoms. The maximum Gasteiger partial charge on any atom is 0.340 e. The quantitative estimate of drug-likeness (QED) is 0.180. The lowest BCUT2D eigenvalue weighted by atomic mass is 10.0. The monoisotopic (exact) mass is 666 g/mol. The van der Waals surface area contributed by atoms with Crippen LogP contribution in [-0.2, 0) is 19.1 Å².